The summed E-state index contributed by atoms with van der Waals surface area (Å²) in [6.07, 6.45) is 0.592. The van der Waals surface area contributed by atoms with Crippen molar-refractivity contribution in [3.63, 3.8) is 0 Å². The van der Waals surface area contributed by atoms with Crippen molar-refractivity contribution in [3.05, 3.63) is 88.5 Å². The van der Waals surface area contributed by atoms with Crippen molar-refractivity contribution < 1.29 is 21.8 Å². The van der Waals surface area contributed by atoms with Crippen LogP contribution in [0.5, 0.6) is 0 Å². The second-order valence-electron chi connectivity index (χ2n) is 10.1. The number of nitro groups is 1. The molecule has 0 radical (unpaired) electrons. The molecule has 0 amide bonds. The molecule has 0 aliphatic carbocycles. The van der Waals surface area contributed by atoms with Gasteiger partial charge in [-0.3, -0.25) is 14.8 Å². The second kappa shape index (κ2) is 10.6. The summed E-state index contributed by atoms with van der Waals surface area (Å²) >= 11 is 0. The molecule has 0 fully saturated rings. The van der Waals surface area contributed by atoms with E-state index in [1.165, 1.54) is 12.1 Å². The van der Waals surface area contributed by atoms with Gasteiger partial charge >= 0.3 is 0 Å². The molecule has 0 atom stereocenters. The molecule has 5 aromatic rings. The summed E-state index contributed by atoms with van der Waals surface area (Å²) in [5, 5.41) is 11.1. The first-order valence-electron chi connectivity index (χ1n) is 12.8. The fraction of sp³-hybridized carbons (Fsp3) is 0.214. The minimum atomic E-state index is -4.40. The lowest BCUT2D eigenvalue weighted by Gasteiger charge is -2.15. The third-order valence-electron chi connectivity index (χ3n) is 6.63. The molecular weight excluding hydrogens is 566 g/mol. The van der Waals surface area contributed by atoms with Gasteiger partial charge in [-0.05, 0) is 55.7 Å². The molecule has 0 aliphatic rings. The van der Waals surface area contributed by atoms with E-state index in [0.29, 0.717) is 17.5 Å². The van der Waals surface area contributed by atoms with Crippen LogP contribution in [0.15, 0.2) is 87.5 Å². The molecule has 13 heteroatoms. The zero-order valence-corrected chi connectivity index (χ0v) is 24.1. The lowest BCUT2D eigenvalue weighted by molar-refractivity contribution is -0.384. The Bertz CT molecular complexity index is 2000. The number of nitro benzene ring substituents is 1. The van der Waals surface area contributed by atoms with E-state index in [9.17, 15) is 26.9 Å². The lowest BCUT2D eigenvalue weighted by atomic mass is 10.1. The van der Waals surface area contributed by atoms with Gasteiger partial charge in [-0.1, -0.05) is 43.7 Å². The van der Waals surface area contributed by atoms with E-state index in [0.717, 1.165) is 29.8 Å². The first-order valence-corrected chi connectivity index (χ1v) is 15.7. The number of para-hydroxylation sites is 2. The zero-order chi connectivity index (χ0) is 29.5. The highest BCUT2D eigenvalue weighted by molar-refractivity contribution is 7.93. The quantitative estimate of drug-likeness (QED) is 0.174. The molecular formula is C28H27N5O6S2. The van der Waals surface area contributed by atoms with Crippen molar-refractivity contribution >= 4 is 53.6 Å². The van der Waals surface area contributed by atoms with Crippen LogP contribution < -0.4 is 4.72 Å². The number of sulfone groups is 1. The standard InChI is InChI=1S/C28H27N5O6S2/c1-18(2)16-17-32-27-25(29-23-6-4-5-7-24(23)30-27)26(40(36,37)21-12-8-19(3)9-13-21)28(32)31-41(38,39)22-14-10-20(11-15-22)33(34)35/h4-15,18,31H,16-17H2,1-3H3. The predicted molar refractivity (Wildman–Crippen MR) is 155 cm³/mol. The Morgan fingerprint density at radius 2 is 1.46 bits per heavy atom. The third kappa shape index (κ3) is 5.37. The topological polar surface area (TPSA) is 154 Å². The van der Waals surface area contributed by atoms with Gasteiger partial charge in [-0.15, -0.1) is 0 Å². The van der Waals surface area contributed by atoms with E-state index < -0.39 is 24.8 Å². The minimum Gasteiger partial charge on any atom is -0.309 e. The SMILES string of the molecule is Cc1ccc(S(=O)(=O)c2c(NS(=O)(=O)c3ccc([N+](=O)[O-])cc3)n(CCC(C)C)c3nc4ccccc4nc23)cc1. The number of fused-ring (bicyclic) bond motifs is 2. The molecule has 3 aromatic carbocycles. The maximum absolute atomic E-state index is 14.2. The van der Waals surface area contributed by atoms with Gasteiger partial charge in [-0.2, -0.15) is 0 Å². The molecule has 0 unspecified atom stereocenters. The predicted octanol–water partition coefficient (Wildman–Crippen LogP) is 5.48. The number of benzene rings is 3. The van der Waals surface area contributed by atoms with Crippen molar-refractivity contribution in [2.75, 3.05) is 4.72 Å². The zero-order valence-electron chi connectivity index (χ0n) is 22.5. The van der Waals surface area contributed by atoms with Crippen LogP contribution in [0, 0.1) is 23.0 Å². The average molecular weight is 594 g/mol. The molecule has 2 heterocycles. The number of hydrogen-bond donors (Lipinski definition) is 1. The van der Waals surface area contributed by atoms with E-state index in [1.54, 1.807) is 41.0 Å². The Kier molecular flexibility index (Phi) is 7.26. The molecule has 0 saturated carbocycles. The summed E-state index contributed by atoms with van der Waals surface area (Å²) in [6, 6.07) is 17.6. The van der Waals surface area contributed by atoms with Crippen molar-refractivity contribution in [1.29, 1.82) is 0 Å². The van der Waals surface area contributed by atoms with E-state index in [1.807, 2.05) is 20.8 Å². The maximum atomic E-state index is 14.2. The summed E-state index contributed by atoms with van der Waals surface area (Å²) in [4.78, 5) is 19.2. The van der Waals surface area contributed by atoms with Crippen molar-refractivity contribution in [2.24, 2.45) is 5.92 Å². The van der Waals surface area contributed by atoms with Crippen LogP contribution in [0.3, 0.4) is 0 Å². The fourth-order valence-electron chi connectivity index (χ4n) is 4.40. The van der Waals surface area contributed by atoms with E-state index in [2.05, 4.69) is 9.71 Å². The van der Waals surface area contributed by atoms with Gasteiger partial charge in [0.05, 0.1) is 25.7 Å². The molecule has 41 heavy (non-hydrogen) atoms. The maximum Gasteiger partial charge on any atom is 0.269 e. The number of non-ortho nitro benzene ring substituents is 1. The van der Waals surface area contributed by atoms with Crippen molar-refractivity contribution in [2.45, 2.75) is 48.4 Å². The van der Waals surface area contributed by atoms with Crippen LogP contribution in [0.4, 0.5) is 11.5 Å². The van der Waals surface area contributed by atoms with Crippen LogP contribution >= 0.6 is 0 Å². The Morgan fingerprint density at radius 1 is 0.878 bits per heavy atom. The summed E-state index contributed by atoms with van der Waals surface area (Å²) < 4.78 is 59.7. The Hall–Kier alpha value is -4.36. The number of nitrogens with one attached hydrogen (secondary N) is 1. The average Bonchev–Trinajstić information content (AvgIpc) is 3.22. The van der Waals surface area contributed by atoms with Crippen LogP contribution in [-0.2, 0) is 26.4 Å². The van der Waals surface area contributed by atoms with E-state index in [-0.39, 0.29) is 49.8 Å². The molecule has 0 aliphatic heterocycles. The normalized spacial score (nSPS) is 12.3. The van der Waals surface area contributed by atoms with Crippen LogP contribution in [0.1, 0.15) is 25.8 Å². The first kappa shape index (κ1) is 28.2. The third-order valence-corrected chi connectivity index (χ3v) is 9.80. The second-order valence-corrected chi connectivity index (χ2v) is 13.6. The number of anilines is 1. The van der Waals surface area contributed by atoms with Gasteiger partial charge in [0.25, 0.3) is 15.7 Å². The van der Waals surface area contributed by atoms with Crippen LogP contribution in [0.2, 0.25) is 0 Å². The van der Waals surface area contributed by atoms with Gasteiger partial charge in [0.2, 0.25) is 9.84 Å². The van der Waals surface area contributed by atoms with Crippen molar-refractivity contribution in [3.8, 4) is 0 Å². The summed E-state index contributed by atoms with van der Waals surface area (Å²) in [6.45, 7) is 6.08. The molecule has 5 rings (SSSR count). The number of hydrogen-bond acceptors (Lipinski definition) is 8. The molecule has 1 N–H and O–H groups in total. The number of aryl methyl sites for hydroxylation is 2. The smallest absolute Gasteiger partial charge is 0.269 e. The Labute approximate surface area is 237 Å². The van der Waals surface area contributed by atoms with Gasteiger partial charge in [0.1, 0.15) is 16.2 Å². The van der Waals surface area contributed by atoms with Crippen LogP contribution in [0.25, 0.3) is 22.2 Å². The largest absolute Gasteiger partial charge is 0.309 e. The van der Waals surface area contributed by atoms with Gasteiger partial charge in [0.15, 0.2) is 5.65 Å². The van der Waals surface area contributed by atoms with E-state index in [4.69, 9.17) is 4.98 Å². The van der Waals surface area contributed by atoms with Gasteiger partial charge < -0.3 is 4.57 Å². The number of aromatic nitrogens is 3. The highest BCUT2D eigenvalue weighted by Gasteiger charge is 2.34. The lowest BCUT2D eigenvalue weighted by Crippen LogP contribution is -2.19. The number of sulfonamides is 1. The number of rotatable bonds is 9. The molecule has 11 nitrogen and oxygen atoms in total. The summed E-state index contributed by atoms with van der Waals surface area (Å²) in [7, 11) is -8.71. The molecule has 0 saturated heterocycles. The Balaban J connectivity index is 1.81. The van der Waals surface area contributed by atoms with E-state index >= 15 is 0 Å². The van der Waals surface area contributed by atoms with Gasteiger partial charge in [0, 0.05) is 18.7 Å². The molecule has 212 valence electrons. The fourth-order valence-corrected chi connectivity index (χ4v) is 7.08. The first-order chi connectivity index (χ1) is 19.4. The highest BCUT2D eigenvalue weighted by Crippen LogP contribution is 2.38. The minimum absolute atomic E-state index is 0.0308. The monoisotopic (exact) mass is 593 g/mol. The Morgan fingerprint density at radius 3 is 2.05 bits per heavy atom. The molecule has 0 spiro atoms. The number of nitrogens with zero attached hydrogens (tertiary/aromatic N) is 4. The molecule has 0 bridgehead atoms. The summed E-state index contributed by atoms with van der Waals surface area (Å²) in [5.41, 5.74) is 1.80. The van der Waals surface area contributed by atoms with Gasteiger partial charge in [-0.25, -0.2) is 26.8 Å². The van der Waals surface area contributed by atoms with Crippen LogP contribution in [-0.4, -0.2) is 36.3 Å². The highest BCUT2D eigenvalue weighted by atomic mass is 32.2. The summed E-state index contributed by atoms with van der Waals surface area (Å²) in [5.74, 6) is 0.00651. The molecule has 2 aromatic heterocycles. The van der Waals surface area contributed by atoms with Crippen molar-refractivity contribution in [1.82, 2.24) is 14.5 Å².